The van der Waals surface area contributed by atoms with Gasteiger partial charge in [0.05, 0.1) is 12.1 Å². The van der Waals surface area contributed by atoms with Crippen LogP contribution in [0.15, 0.2) is 36.7 Å². The van der Waals surface area contributed by atoms with Crippen LogP contribution in [0.5, 0.6) is 0 Å². The number of carbonyl (C=O) groups is 1. The van der Waals surface area contributed by atoms with Crippen LogP contribution in [0.3, 0.4) is 0 Å². The van der Waals surface area contributed by atoms with Crippen molar-refractivity contribution in [2.75, 3.05) is 0 Å². The highest BCUT2D eigenvalue weighted by Gasteiger charge is 2.05. The summed E-state index contributed by atoms with van der Waals surface area (Å²) in [5.74, 6) is 0.706. The zero-order valence-corrected chi connectivity index (χ0v) is 12.4. The van der Waals surface area contributed by atoms with Gasteiger partial charge in [-0.1, -0.05) is 26.0 Å². The van der Waals surface area contributed by atoms with Crippen molar-refractivity contribution >= 4 is 5.97 Å². The van der Waals surface area contributed by atoms with E-state index in [1.165, 1.54) is 0 Å². The second-order valence-electron chi connectivity index (χ2n) is 5.50. The SMILES string of the molecule is CC(C)Cn1ccnc1CNCc1ccc(C(=O)O)cc1. The number of hydrogen-bond donors (Lipinski definition) is 2. The molecule has 5 nitrogen and oxygen atoms in total. The van der Waals surface area contributed by atoms with Crippen molar-refractivity contribution in [3.8, 4) is 0 Å². The summed E-state index contributed by atoms with van der Waals surface area (Å²) in [6.45, 7) is 6.71. The summed E-state index contributed by atoms with van der Waals surface area (Å²) >= 11 is 0. The first-order valence-corrected chi connectivity index (χ1v) is 7.09. The summed E-state index contributed by atoms with van der Waals surface area (Å²) in [6.07, 6.45) is 3.82. The molecule has 0 aliphatic rings. The van der Waals surface area contributed by atoms with Crippen molar-refractivity contribution in [3.63, 3.8) is 0 Å². The third kappa shape index (κ3) is 4.43. The molecule has 0 saturated heterocycles. The van der Waals surface area contributed by atoms with Crippen molar-refractivity contribution in [1.82, 2.24) is 14.9 Å². The van der Waals surface area contributed by atoms with Gasteiger partial charge >= 0.3 is 5.97 Å². The van der Waals surface area contributed by atoms with Crippen LogP contribution in [0.1, 0.15) is 35.6 Å². The average Bonchev–Trinajstić information content (AvgIpc) is 2.86. The maximum atomic E-state index is 10.8. The van der Waals surface area contributed by atoms with E-state index in [0.717, 1.165) is 17.9 Å². The molecule has 0 bridgehead atoms. The predicted octanol–water partition coefficient (Wildman–Crippen LogP) is 2.53. The van der Waals surface area contributed by atoms with Gasteiger partial charge in [-0.05, 0) is 23.6 Å². The van der Waals surface area contributed by atoms with E-state index in [1.807, 2.05) is 24.5 Å². The molecule has 0 aliphatic carbocycles. The number of hydrogen-bond acceptors (Lipinski definition) is 3. The third-order valence-corrected chi connectivity index (χ3v) is 3.18. The number of aromatic carboxylic acids is 1. The van der Waals surface area contributed by atoms with E-state index in [9.17, 15) is 4.79 Å². The Balaban J connectivity index is 1.87. The van der Waals surface area contributed by atoms with Gasteiger partial charge in [-0.15, -0.1) is 0 Å². The van der Waals surface area contributed by atoms with Crippen LogP contribution in [0, 0.1) is 5.92 Å². The van der Waals surface area contributed by atoms with Crippen LogP contribution >= 0.6 is 0 Å². The normalized spacial score (nSPS) is 11.0. The van der Waals surface area contributed by atoms with E-state index in [4.69, 9.17) is 5.11 Å². The molecule has 0 radical (unpaired) electrons. The van der Waals surface area contributed by atoms with E-state index >= 15 is 0 Å². The first kappa shape index (κ1) is 15.3. The Morgan fingerprint density at radius 1 is 1.29 bits per heavy atom. The standard InChI is InChI=1S/C16H21N3O2/c1-12(2)11-19-8-7-18-15(19)10-17-9-13-3-5-14(6-4-13)16(20)21/h3-8,12,17H,9-11H2,1-2H3,(H,20,21). The Hall–Kier alpha value is -2.14. The van der Waals surface area contributed by atoms with E-state index in [1.54, 1.807) is 12.1 Å². The van der Waals surface area contributed by atoms with Crippen molar-refractivity contribution in [3.05, 3.63) is 53.6 Å². The lowest BCUT2D eigenvalue weighted by Gasteiger charge is -2.11. The minimum Gasteiger partial charge on any atom is -0.478 e. The molecule has 2 N–H and O–H groups in total. The fraction of sp³-hybridized carbons (Fsp3) is 0.375. The van der Waals surface area contributed by atoms with Crippen LogP contribution in [0.4, 0.5) is 0 Å². The zero-order valence-electron chi connectivity index (χ0n) is 12.4. The third-order valence-electron chi connectivity index (χ3n) is 3.18. The molecule has 1 heterocycles. The van der Waals surface area contributed by atoms with Crippen molar-refractivity contribution in [2.45, 2.75) is 33.5 Å². The van der Waals surface area contributed by atoms with Crippen LogP contribution in [0.2, 0.25) is 0 Å². The van der Waals surface area contributed by atoms with Crippen molar-refractivity contribution < 1.29 is 9.90 Å². The van der Waals surface area contributed by atoms with Gasteiger partial charge in [-0.3, -0.25) is 0 Å². The largest absolute Gasteiger partial charge is 0.478 e. The maximum Gasteiger partial charge on any atom is 0.335 e. The number of carboxylic acid groups (broad SMARTS) is 1. The van der Waals surface area contributed by atoms with Gasteiger partial charge < -0.3 is 15.0 Å². The summed E-state index contributed by atoms with van der Waals surface area (Å²) in [6, 6.07) is 6.91. The molecular formula is C16H21N3O2. The Kier molecular flexibility index (Phi) is 5.11. The van der Waals surface area contributed by atoms with Gasteiger partial charge in [0.1, 0.15) is 5.82 Å². The Morgan fingerprint density at radius 2 is 2.00 bits per heavy atom. The second kappa shape index (κ2) is 7.04. The smallest absolute Gasteiger partial charge is 0.335 e. The van der Waals surface area contributed by atoms with Gasteiger partial charge in [0.15, 0.2) is 0 Å². The number of benzene rings is 1. The molecule has 0 spiro atoms. The summed E-state index contributed by atoms with van der Waals surface area (Å²) in [5, 5.41) is 12.2. The van der Waals surface area contributed by atoms with Gasteiger partial charge in [0.2, 0.25) is 0 Å². The molecule has 0 saturated carbocycles. The highest BCUT2D eigenvalue weighted by molar-refractivity contribution is 5.87. The van der Waals surface area contributed by atoms with Crippen molar-refractivity contribution in [1.29, 1.82) is 0 Å². The van der Waals surface area contributed by atoms with Crippen molar-refractivity contribution in [2.24, 2.45) is 5.92 Å². The first-order valence-electron chi connectivity index (χ1n) is 7.09. The molecule has 2 aromatic rings. The number of carboxylic acids is 1. The average molecular weight is 287 g/mol. The molecule has 1 aromatic heterocycles. The summed E-state index contributed by atoms with van der Waals surface area (Å²) < 4.78 is 2.16. The highest BCUT2D eigenvalue weighted by atomic mass is 16.4. The molecule has 21 heavy (non-hydrogen) atoms. The molecule has 0 fully saturated rings. The molecule has 1 aromatic carbocycles. The molecule has 112 valence electrons. The van der Waals surface area contributed by atoms with E-state index in [0.29, 0.717) is 24.6 Å². The Labute approximate surface area is 124 Å². The van der Waals surface area contributed by atoms with Gasteiger partial charge in [0, 0.05) is 25.5 Å². The number of nitrogens with zero attached hydrogens (tertiary/aromatic N) is 2. The van der Waals surface area contributed by atoms with Crippen LogP contribution in [-0.2, 0) is 19.6 Å². The number of imidazole rings is 1. The summed E-state index contributed by atoms with van der Waals surface area (Å²) in [5.41, 5.74) is 1.37. The summed E-state index contributed by atoms with van der Waals surface area (Å²) in [4.78, 5) is 15.1. The monoisotopic (exact) mass is 287 g/mol. The van der Waals surface area contributed by atoms with Gasteiger partial charge in [-0.25, -0.2) is 9.78 Å². The minimum atomic E-state index is -0.898. The first-order chi connectivity index (χ1) is 10.1. The topological polar surface area (TPSA) is 67.2 Å². The van der Waals surface area contributed by atoms with Gasteiger partial charge in [-0.2, -0.15) is 0 Å². The highest BCUT2D eigenvalue weighted by Crippen LogP contribution is 2.06. The van der Waals surface area contributed by atoms with Crippen LogP contribution < -0.4 is 5.32 Å². The lowest BCUT2D eigenvalue weighted by atomic mass is 10.1. The predicted molar refractivity (Wildman–Crippen MR) is 81.0 cm³/mol. The summed E-state index contributed by atoms with van der Waals surface area (Å²) in [7, 11) is 0. The molecule has 0 aliphatic heterocycles. The van der Waals surface area contributed by atoms with E-state index < -0.39 is 5.97 Å². The van der Waals surface area contributed by atoms with E-state index in [-0.39, 0.29) is 0 Å². The molecular weight excluding hydrogens is 266 g/mol. The fourth-order valence-corrected chi connectivity index (χ4v) is 2.15. The second-order valence-corrected chi connectivity index (χ2v) is 5.50. The lowest BCUT2D eigenvalue weighted by Crippen LogP contribution is -2.17. The Morgan fingerprint density at radius 3 is 2.62 bits per heavy atom. The quantitative estimate of drug-likeness (QED) is 0.821. The number of rotatable bonds is 7. The molecule has 0 atom stereocenters. The van der Waals surface area contributed by atoms with Gasteiger partial charge in [0.25, 0.3) is 0 Å². The zero-order chi connectivity index (χ0) is 15.2. The molecule has 5 heteroatoms. The van der Waals surface area contributed by atoms with E-state index in [2.05, 4.69) is 28.7 Å². The van der Waals surface area contributed by atoms with Crippen LogP contribution in [-0.4, -0.2) is 20.6 Å². The minimum absolute atomic E-state index is 0.311. The molecule has 2 rings (SSSR count). The lowest BCUT2D eigenvalue weighted by molar-refractivity contribution is 0.0697. The maximum absolute atomic E-state index is 10.8. The van der Waals surface area contributed by atoms with Crippen LogP contribution in [0.25, 0.3) is 0 Å². The molecule has 0 unspecified atom stereocenters. The fourth-order valence-electron chi connectivity index (χ4n) is 2.15. The molecule has 0 amide bonds. The Bertz CT molecular complexity index is 588. The number of nitrogens with one attached hydrogen (secondary N) is 1. The number of aromatic nitrogens is 2.